The van der Waals surface area contributed by atoms with Gasteiger partial charge in [-0.15, -0.1) is 10.2 Å². The quantitative estimate of drug-likeness (QED) is 0.678. The number of phenolic OH excluding ortho intramolecular Hbond substituents is 1. The molecule has 7 nitrogen and oxygen atoms in total. The Kier molecular flexibility index (Phi) is 5.42. The van der Waals surface area contributed by atoms with Gasteiger partial charge in [0, 0.05) is 24.8 Å². The highest BCUT2D eigenvalue weighted by Crippen LogP contribution is 2.34. The molecule has 4 rings (SSSR count). The number of aromatic nitrogens is 5. The minimum atomic E-state index is -0.704. The fraction of sp³-hybridized carbons (Fsp3) is 0.429. The van der Waals surface area contributed by atoms with E-state index in [0.29, 0.717) is 23.6 Å². The van der Waals surface area contributed by atoms with E-state index in [9.17, 15) is 9.50 Å². The maximum atomic E-state index is 14.0. The Bertz CT molecular complexity index is 946. The van der Waals surface area contributed by atoms with Crippen LogP contribution in [0, 0.1) is 5.92 Å². The SMILES string of the molecule is CC[C@@H]1C[C@@H](N(C)c2cnc(-c3ccc(-c4cn[nH]c4)cc3O)nn2)CC[C@H]1F. The molecular formula is C21H25FN6O. The first-order valence-corrected chi connectivity index (χ1v) is 9.96. The number of halogens is 1. The van der Waals surface area contributed by atoms with E-state index in [4.69, 9.17) is 0 Å². The zero-order valence-corrected chi connectivity index (χ0v) is 16.6. The van der Waals surface area contributed by atoms with Crippen molar-refractivity contribution in [2.24, 2.45) is 5.92 Å². The molecule has 8 heteroatoms. The molecule has 1 aromatic carbocycles. The van der Waals surface area contributed by atoms with Crippen molar-refractivity contribution < 1.29 is 9.50 Å². The molecule has 3 atom stereocenters. The van der Waals surface area contributed by atoms with E-state index in [0.717, 1.165) is 30.4 Å². The fourth-order valence-corrected chi connectivity index (χ4v) is 4.03. The van der Waals surface area contributed by atoms with E-state index < -0.39 is 6.17 Å². The molecule has 0 bridgehead atoms. The Labute approximate surface area is 169 Å². The van der Waals surface area contributed by atoms with Crippen LogP contribution in [-0.2, 0) is 0 Å². The van der Waals surface area contributed by atoms with Crippen molar-refractivity contribution in [3.05, 3.63) is 36.8 Å². The van der Waals surface area contributed by atoms with Crippen LogP contribution in [-0.4, -0.2) is 49.7 Å². The maximum Gasteiger partial charge on any atom is 0.185 e. The van der Waals surface area contributed by atoms with Crippen LogP contribution in [0.2, 0.25) is 0 Å². The second kappa shape index (κ2) is 8.14. The summed E-state index contributed by atoms with van der Waals surface area (Å²) in [6.07, 6.45) is 7.46. The number of hydrogen-bond acceptors (Lipinski definition) is 6. The minimum absolute atomic E-state index is 0.0821. The Hall–Kier alpha value is -3.03. The van der Waals surface area contributed by atoms with Crippen molar-refractivity contribution >= 4 is 5.82 Å². The Morgan fingerprint density at radius 3 is 2.72 bits per heavy atom. The average molecular weight is 396 g/mol. The zero-order valence-electron chi connectivity index (χ0n) is 16.6. The molecule has 0 unspecified atom stereocenters. The van der Waals surface area contributed by atoms with Gasteiger partial charge in [0.25, 0.3) is 0 Å². The summed E-state index contributed by atoms with van der Waals surface area (Å²) in [5.41, 5.74) is 2.25. The van der Waals surface area contributed by atoms with E-state index >= 15 is 0 Å². The van der Waals surface area contributed by atoms with Gasteiger partial charge in [0.2, 0.25) is 0 Å². The second-order valence-corrected chi connectivity index (χ2v) is 7.62. The predicted molar refractivity (Wildman–Crippen MR) is 109 cm³/mol. The second-order valence-electron chi connectivity index (χ2n) is 7.62. The van der Waals surface area contributed by atoms with E-state index in [1.54, 1.807) is 30.7 Å². The summed E-state index contributed by atoms with van der Waals surface area (Å²) in [7, 11) is 1.96. The lowest BCUT2D eigenvalue weighted by Gasteiger charge is -2.37. The molecule has 0 saturated heterocycles. The molecule has 1 saturated carbocycles. The molecule has 2 heterocycles. The molecule has 1 fully saturated rings. The van der Waals surface area contributed by atoms with E-state index in [-0.39, 0.29) is 17.7 Å². The first-order valence-electron chi connectivity index (χ1n) is 9.96. The average Bonchev–Trinajstić information content (AvgIpc) is 3.29. The summed E-state index contributed by atoms with van der Waals surface area (Å²) < 4.78 is 14.0. The molecule has 0 radical (unpaired) electrons. The van der Waals surface area contributed by atoms with Crippen molar-refractivity contribution in [3.63, 3.8) is 0 Å². The van der Waals surface area contributed by atoms with Crippen LogP contribution in [0.15, 0.2) is 36.8 Å². The molecule has 29 heavy (non-hydrogen) atoms. The van der Waals surface area contributed by atoms with Gasteiger partial charge in [0.05, 0.1) is 18.0 Å². The molecule has 2 N–H and O–H groups in total. The van der Waals surface area contributed by atoms with E-state index in [1.165, 1.54) is 0 Å². The van der Waals surface area contributed by atoms with Crippen molar-refractivity contribution in [1.82, 2.24) is 25.4 Å². The summed E-state index contributed by atoms with van der Waals surface area (Å²) >= 11 is 0. The van der Waals surface area contributed by atoms with Crippen molar-refractivity contribution in [3.8, 4) is 28.3 Å². The number of benzene rings is 1. The number of H-pyrrole nitrogens is 1. The first kappa shape index (κ1) is 19.3. The molecule has 1 aliphatic rings. The number of rotatable bonds is 5. The summed E-state index contributed by atoms with van der Waals surface area (Å²) in [6.45, 7) is 2.04. The largest absolute Gasteiger partial charge is 0.507 e. The van der Waals surface area contributed by atoms with Crippen LogP contribution in [0.5, 0.6) is 5.75 Å². The van der Waals surface area contributed by atoms with Gasteiger partial charge >= 0.3 is 0 Å². The number of nitrogens with zero attached hydrogens (tertiary/aromatic N) is 5. The van der Waals surface area contributed by atoms with Crippen molar-refractivity contribution in [2.75, 3.05) is 11.9 Å². The van der Waals surface area contributed by atoms with Gasteiger partial charge in [-0.3, -0.25) is 5.10 Å². The van der Waals surface area contributed by atoms with Crippen LogP contribution >= 0.6 is 0 Å². The summed E-state index contributed by atoms with van der Waals surface area (Å²) in [4.78, 5) is 6.45. The Morgan fingerprint density at radius 1 is 1.21 bits per heavy atom. The predicted octanol–water partition coefficient (Wildman–Crippen LogP) is 3.99. The maximum absolute atomic E-state index is 14.0. The number of aromatic hydroxyl groups is 1. The fourth-order valence-electron chi connectivity index (χ4n) is 4.03. The monoisotopic (exact) mass is 396 g/mol. The van der Waals surface area contributed by atoms with Crippen LogP contribution in [0.3, 0.4) is 0 Å². The van der Waals surface area contributed by atoms with Gasteiger partial charge in [0.15, 0.2) is 11.6 Å². The third-order valence-corrected chi connectivity index (χ3v) is 5.92. The van der Waals surface area contributed by atoms with Gasteiger partial charge in [-0.1, -0.05) is 19.4 Å². The number of nitrogens with one attached hydrogen (secondary N) is 1. The molecule has 2 aromatic heterocycles. The van der Waals surface area contributed by atoms with Gasteiger partial charge in [-0.25, -0.2) is 9.37 Å². The number of alkyl halides is 1. The van der Waals surface area contributed by atoms with E-state index in [2.05, 4.69) is 25.4 Å². The topological polar surface area (TPSA) is 90.8 Å². The molecule has 0 aliphatic heterocycles. The number of hydrogen-bond donors (Lipinski definition) is 2. The number of phenols is 1. The lowest BCUT2D eigenvalue weighted by molar-refractivity contribution is 0.147. The highest BCUT2D eigenvalue weighted by atomic mass is 19.1. The van der Waals surface area contributed by atoms with Crippen molar-refractivity contribution in [1.29, 1.82) is 0 Å². The normalized spacial score (nSPS) is 21.8. The summed E-state index contributed by atoms with van der Waals surface area (Å²) in [5.74, 6) is 1.19. The third kappa shape index (κ3) is 3.92. The lowest BCUT2D eigenvalue weighted by atomic mass is 9.82. The van der Waals surface area contributed by atoms with Gasteiger partial charge in [-0.05, 0) is 42.9 Å². The molecule has 1 aliphatic carbocycles. The standard InChI is InChI=1S/C21H25FN6O/c1-3-13-8-16(5-7-18(13)22)28(2)20-12-23-21(27-26-20)17-6-4-14(9-19(17)29)15-10-24-25-11-15/h4,6,9-13,16,18,29H,3,5,7-8H2,1-2H3,(H,24,25)/t13-,16+,18-/m1/s1. The summed E-state index contributed by atoms with van der Waals surface area (Å²) in [5, 5.41) is 25.6. The highest BCUT2D eigenvalue weighted by molar-refractivity contribution is 5.72. The van der Waals surface area contributed by atoms with Gasteiger partial charge in [0.1, 0.15) is 11.9 Å². The highest BCUT2D eigenvalue weighted by Gasteiger charge is 2.31. The number of aromatic amines is 1. The summed E-state index contributed by atoms with van der Waals surface area (Å²) in [6, 6.07) is 5.54. The first-order chi connectivity index (χ1) is 14.1. The molecular weight excluding hydrogens is 371 g/mol. The van der Waals surface area contributed by atoms with Gasteiger partial charge < -0.3 is 10.0 Å². The lowest BCUT2D eigenvalue weighted by Crippen LogP contribution is -2.40. The van der Waals surface area contributed by atoms with Gasteiger partial charge in [-0.2, -0.15) is 5.10 Å². The Balaban J connectivity index is 1.50. The van der Waals surface area contributed by atoms with Crippen LogP contribution in [0.25, 0.3) is 22.5 Å². The zero-order chi connectivity index (χ0) is 20.4. The van der Waals surface area contributed by atoms with E-state index in [1.807, 2.05) is 24.9 Å². The van der Waals surface area contributed by atoms with Crippen molar-refractivity contribution in [2.45, 2.75) is 44.8 Å². The van der Waals surface area contributed by atoms with Crippen LogP contribution in [0.1, 0.15) is 32.6 Å². The molecule has 0 amide bonds. The third-order valence-electron chi connectivity index (χ3n) is 5.92. The minimum Gasteiger partial charge on any atom is -0.507 e. The smallest absolute Gasteiger partial charge is 0.185 e. The molecule has 0 spiro atoms. The van der Waals surface area contributed by atoms with Crippen LogP contribution < -0.4 is 4.90 Å². The van der Waals surface area contributed by atoms with Crippen LogP contribution in [0.4, 0.5) is 10.2 Å². The Morgan fingerprint density at radius 2 is 2.07 bits per heavy atom. The molecule has 3 aromatic rings. The number of anilines is 1. The molecule has 152 valence electrons.